The van der Waals surface area contributed by atoms with Gasteiger partial charge in [0.25, 0.3) is 0 Å². The molecule has 0 N–H and O–H groups in total. The van der Waals surface area contributed by atoms with Crippen molar-refractivity contribution in [3.8, 4) is 0 Å². The Hall–Kier alpha value is 0.669. The molecule has 4 nitrogen and oxygen atoms in total. The van der Waals surface area contributed by atoms with Gasteiger partial charge in [0.1, 0.15) is 0 Å². The Balaban J connectivity index is -0.0000000424. The van der Waals surface area contributed by atoms with Crippen LogP contribution in [0, 0.1) is 13.8 Å². The minimum Gasteiger partial charge on any atom is -0.855 e. The van der Waals surface area contributed by atoms with Crippen LogP contribution in [-0.4, -0.2) is 49.2 Å². The van der Waals surface area contributed by atoms with Gasteiger partial charge >= 0.3 is 23.9 Å². The Morgan fingerprint density at radius 3 is 1.06 bits per heavy atom. The Morgan fingerprint density at radius 2 is 1.06 bits per heavy atom. The maximum absolute atomic E-state index is 9.44. The van der Waals surface area contributed by atoms with Crippen molar-refractivity contribution < 1.29 is 18.1 Å². The van der Waals surface area contributed by atoms with Crippen LogP contribution in [0.15, 0.2) is 0 Å². The molecule has 0 aliphatic heterocycles. The molecule has 0 aromatic carbocycles. The van der Waals surface area contributed by atoms with Crippen molar-refractivity contribution in [3.63, 3.8) is 0 Å². The van der Waals surface area contributed by atoms with E-state index in [-0.39, 0.29) is 36.3 Å². The first-order chi connectivity index (χ1) is 7.80. The van der Waals surface area contributed by atoms with E-state index in [1.54, 1.807) is 6.92 Å². The largest absolute Gasteiger partial charge is 2.00 e. The molecule has 0 aliphatic rings. The maximum atomic E-state index is 9.44. The average Bonchev–Trinajstić information content (AvgIpc) is 2.30. The van der Waals surface area contributed by atoms with Crippen LogP contribution in [0.5, 0.6) is 0 Å². The van der Waals surface area contributed by atoms with Gasteiger partial charge in [-0.3, -0.25) is 0 Å². The van der Waals surface area contributed by atoms with Crippen LogP contribution in [0.3, 0.4) is 0 Å². The molecule has 18 heavy (non-hydrogen) atoms. The van der Waals surface area contributed by atoms with Gasteiger partial charge in [0.15, 0.2) is 0 Å². The molecule has 0 aliphatic carbocycles. The maximum Gasteiger partial charge on any atom is 2.00 e. The fourth-order valence-electron chi connectivity index (χ4n) is 0. The normalized spacial score (nSPS) is 8.22. The van der Waals surface area contributed by atoms with Gasteiger partial charge in [-0.2, -0.15) is 0 Å². The summed E-state index contributed by atoms with van der Waals surface area (Å²) in [4.78, 5) is 0. The van der Waals surface area contributed by atoms with Crippen molar-refractivity contribution in [1.29, 1.82) is 0 Å². The van der Waals surface area contributed by atoms with Crippen LogP contribution in [0.25, 0.3) is 0 Å². The Kier molecular flexibility index (Phi) is 53.0. The Bertz CT molecular complexity index is 175. The molecule has 4 radical (unpaired) electrons. The minimum absolute atomic E-state index is 0. The van der Waals surface area contributed by atoms with E-state index in [0.717, 1.165) is 12.8 Å². The summed E-state index contributed by atoms with van der Waals surface area (Å²) in [5.74, 6) is -0.312. The third-order valence-electron chi connectivity index (χ3n) is 1.06. The second-order valence-electron chi connectivity index (χ2n) is 2.84. The third-order valence-corrected chi connectivity index (χ3v) is 1.77. The molecule has 110 valence electrons. The summed E-state index contributed by atoms with van der Waals surface area (Å²) >= 11 is 0. The minimum atomic E-state index is -3.91. The Labute approximate surface area is 131 Å². The smallest absolute Gasteiger partial charge is 0.855 e. The fraction of sp³-hybridized carbons (Fsp3) is 0.833. The van der Waals surface area contributed by atoms with E-state index in [1.165, 1.54) is 19.8 Å². The molecule has 0 rings (SSSR count). The summed E-state index contributed by atoms with van der Waals surface area (Å²) in [5.41, 5.74) is 0. The first-order valence-electron chi connectivity index (χ1n) is 5.91. The predicted octanol–water partition coefficient (Wildman–Crippen LogP) is 1.78. The molecule has 0 unspecified atom stereocenters. The van der Waals surface area contributed by atoms with Crippen molar-refractivity contribution in [1.82, 2.24) is 0 Å². The number of unbranched alkanes of at least 4 members (excludes halogenated alkanes) is 2. The fourth-order valence-corrected chi connectivity index (χ4v) is 0. The number of rotatable bonds is 3. The third kappa shape index (κ3) is 127. The van der Waals surface area contributed by atoms with Crippen molar-refractivity contribution in [2.75, 3.05) is 12.4 Å². The van der Waals surface area contributed by atoms with Gasteiger partial charge < -0.3 is 9.66 Å². The zero-order chi connectivity index (χ0) is 14.7. The summed E-state index contributed by atoms with van der Waals surface area (Å²) in [7, 11) is -3.91. The molecule has 0 amide bonds. The number of hydrogen-bond acceptors (Lipinski definition) is 4. The van der Waals surface area contributed by atoms with Crippen molar-refractivity contribution >= 4 is 34.0 Å². The van der Waals surface area contributed by atoms with Gasteiger partial charge in [-0.25, -0.2) is 8.42 Å². The summed E-state index contributed by atoms with van der Waals surface area (Å²) in [6.45, 7) is 14.3. The monoisotopic (exact) mass is 388 g/mol. The molecule has 0 saturated carbocycles. The van der Waals surface area contributed by atoms with Crippen LogP contribution in [0.1, 0.15) is 53.4 Å². The van der Waals surface area contributed by atoms with E-state index in [1.807, 2.05) is 0 Å². The molecule has 0 saturated heterocycles. The summed E-state index contributed by atoms with van der Waals surface area (Å²) < 4.78 is 28.3. The van der Waals surface area contributed by atoms with Gasteiger partial charge in [0.2, 0.25) is 0 Å². The standard InChI is InChI=1S/2C4H9.C2H6O3S.C2H5O.Sn/c2*1-3-4-2;1-2-6(3,4)5;1-2-3;/h2*1,3-4H2,2H3;2H2,1H3,(H,3,4,5);2H2,1H3;/q;;;-1;+2/p-1. The second-order valence-corrected chi connectivity index (χ2v) is 4.53. The van der Waals surface area contributed by atoms with Crippen molar-refractivity contribution in [2.24, 2.45) is 0 Å². The zero-order valence-corrected chi connectivity index (χ0v) is 15.9. The molecule has 6 heteroatoms. The summed E-state index contributed by atoms with van der Waals surface area (Å²) in [5, 5.41) is 8.93. The van der Waals surface area contributed by atoms with E-state index in [9.17, 15) is 13.0 Å². The van der Waals surface area contributed by atoms with Crippen LogP contribution in [0.2, 0.25) is 0 Å². The van der Waals surface area contributed by atoms with E-state index in [2.05, 4.69) is 27.7 Å². The zero-order valence-electron chi connectivity index (χ0n) is 12.2. The first-order valence-corrected chi connectivity index (χ1v) is 7.48. The summed E-state index contributed by atoms with van der Waals surface area (Å²) in [6, 6.07) is 0. The van der Waals surface area contributed by atoms with Gasteiger partial charge in [0.05, 0.1) is 10.1 Å². The van der Waals surface area contributed by atoms with Crippen LogP contribution in [-0.2, 0) is 10.1 Å². The van der Waals surface area contributed by atoms with Crippen LogP contribution < -0.4 is 5.11 Å². The topological polar surface area (TPSA) is 80.3 Å². The quantitative estimate of drug-likeness (QED) is 0.546. The second kappa shape index (κ2) is 30.6. The average molecular weight is 387 g/mol. The van der Waals surface area contributed by atoms with Gasteiger partial charge in [-0.15, -0.1) is 6.61 Å². The molecule has 0 aromatic rings. The van der Waals surface area contributed by atoms with Gasteiger partial charge in [-0.1, -0.05) is 67.2 Å². The molecule has 0 heterocycles. The molecule has 0 bridgehead atoms. The molecule has 0 fully saturated rings. The van der Waals surface area contributed by atoms with Crippen LogP contribution >= 0.6 is 0 Å². The molecule has 0 atom stereocenters. The van der Waals surface area contributed by atoms with E-state index >= 15 is 0 Å². The van der Waals surface area contributed by atoms with E-state index < -0.39 is 10.1 Å². The van der Waals surface area contributed by atoms with E-state index in [4.69, 9.17) is 5.11 Å². The molecular formula is C12H28O4SSn. The molecule has 0 spiro atoms. The Morgan fingerprint density at radius 1 is 0.944 bits per heavy atom. The van der Waals surface area contributed by atoms with Crippen molar-refractivity contribution in [3.05, 3.63) is 13.8 Å². The van der Waals surface area contributed by atoms with Crippen LogP contribution in [0.4, 0.5) is 0 Å². The SMILES string of the molecule is CCS(=O)(=O)[O-].CC[O-].[CH2]CCC.[CH2]CCC.[Sn+2]. The van der Waals surface area contributed by atoms with Crippen molar-refractivity contribution in [2.45, 2.75) is 53.4 Å². The molecular weight excluding hydrogens is 359 g/mol. The number of hydrogen-bond donors (Lipinski definition) is 0. The molecule has 0 aromatic heterocycles. The first kappa shape index (κ1) is 31.2. The summed E-state index contributed by atoms with van der Waals surface area (Å²) in [6.07, 6.45) is 4.56. The predicted molar refractivity (Wildman–Crippen MR) is 77.1 cm³/mol. The van der Waals surface area contributed by atoms with Gasteiger partial charge in [-0.05, 0) is 0 Å². The van der Waals surface area contributed by atoms with Gasteiger partial charge in [0, 0.05) is 5.75 Å². The van der Waals surface area contributed by atoms with E-state index in [0.29, 0.717) is 0 Å².